The van der Waals surface area contributed by atoms with E-state index >= 15 is 0 Å². The van der Waals surface area contributed by atoms with Crippen molar-refractivity contribution in [2.45, 2.75) is 13.5 Å². The first kappa shape index (κ1) is 12.0. The van der Waals surface area contributed by atoms with Gasteiger partial charge in [0.15, 0.2) is 0 Å². The van der Waals surface area contributed by atoms with Gasteiger partial charge in [-0.15, -0.1) is 0 Å². The Bertz CT molecular complexity index is 572. The van der Waals surface area contributed by atoms with Crippen LogP contribution in [0.3, 0.4) is 0 Å². The van der Waals surface area contributed by atoms with E-state index in [2.05, 4.69) is 15.3 Å². The number of anilines is 1. The van der Waals surface area contributed by atoms with Crippen molar-refractivity contribution in [2.24, 2.45) is 0 Å². The Balaban J connectivity index is 2.09. The summed E-state index contributed by atoms with van der Waals surface area (Å²) in [5.41, 5.74) is 2.17. The highest BCUT2D eigenvalue weighted by Gasteiger charge is 2.06. The molecule has 0 unspecified atom stereocenters. The first-order chi connectivity index (χ1) is 8.66. The largest absolute Gasteiger partial charge is 0.366 e. The molecule has 0 saturated carbocycles. The Kier molecular flexibility index (Phi) is 3.47. The fourth-order valence-electron chi connectivity index (χ4n) is 1.52. The number of nitrogens with one attached hydrogen (secondary N) is 1. The average Bonchev–Trinajstić information content (AvgIpc) is 2.38. The summed E-state index contributed by atoms with van der Waals surface area (Å²) in [7, 11) is 0. The first-order valence-corrected chi connectivity index (χ1v) is 5.40. The zero-order valence-corrected chi connectivity index (χ0v) is 9.83. The topological polar surface area (TPSA) is 81.0 Å². The van der Waals surface area contributed by atoms with Gasteiger partial charge < -0.3 is 5.32 Å². The predicted molar refractivity (Wildman–Crippen MR) is 67.2 cm³/mol. The molecule has 0 spiro atoms. The van der Waals surface area contributed by atoms with Gasteiger partial charge in [-0.2, -0.15) is 0 Å². The van der Waals surface area contributed by atoms with Crippen LogP contribution in [-0.4, -0.2) is 14.9 Å². The molecule has 0 bridgehead atoms. The summed E-state index contributed by atoms with van der Waals surface area (Å²) in [5, 5.41) is 13.7. The number of hydrogen-bond donors (Lipinski definition) is 1. The Morgan fingerprint density at radius 1 is 1.39 bits per heavy atom. The van der Waals surface area contributed by atoms with Crippen molar-refractivity contribution in [1.82, 2.24) is 9.97 Å². The maximum atomic E-state index is 10.6. The molecule has 0 atom stereocenters. The smallest absolute Gasteiger partial charge is 0.274 e. The van der Waals surface area contributed by atoms with Crippen LogP contribution in [0.25, 0.3) is 0 Å². The third kappa shape index (κ3) is 2.79. The van der Waals surface area contributed by atoms with Crippen LogP contribution in [0.5, 0.6) is 0 Å². The highest BCUT2D eigenvalue weighted by Crippen LogP contribution is 2.15. The number of pyridine rings is 2. The van der Waals surface area contributed by atoms with Crippen LogP contribution >= 0.6 is 0 Å². The Labute approximate surface area is 104 Å². The molecule has 92 valence electrons. The zero-order valence-electron chi connectivity index (χ0n) is 9.83. The molecule has 0 aliphatic rings. The van der Waals surface area contributed by atoms with E-state index in [1.807, 2.05) is 13.0 Å². The van der Waals surface area contributed by atoms with E-state index in [-0.39, 0.29) is 5.69 Å². The van der Waals surface area contributed by atoms with E-state index in [4.69, 9.17) is 0 Å². The molecule has 6 nitrogen and oxygen atoms in total. The average molecular weight is 244 g/mol. The standard InChI is InChI=1S/C12H12N4O2/c1-9-7-13-4-2-10(9)8-15-12-6-11(16(17)18)3-5-14-12/h2-7H,8H2,1H3,(H,14,15). The second-order valence-corrected chi connectivity index (χ2v) is 3.81. The van der Waals surface area contributed by atoms with Gasteiger partial charge in [0.1, 0.15) is 5.82 Å². The molecule has 0 amide bonds. The van der Waals surface area contributed by atoms with E-state index in [0.717, 1.165) is 11.1 Å². The van der Waals surface area contributed by atoms with Gasteiger partial charge in [0.2, 0.25) is 0 Å². The molecular weight excluding hydrogens is 232 g/mol. The SMILES string of the molecule is Cc1cnccc1CNc1cc([N+](=O)[O-])ccn1. The molecule has 0 radical (unpaired) electrons. The van der Waals surface area contributed by atoms with Gasteiger partial charge in [-0.1, -0.05) is 0 Å². The van der Waals surface area contributed by atoms with Crippen LogP contribution in [0.1, 0.15) is 11.1 Å². The van der Waals surface area contributed by atoms with Crippen LogP contribution in [0, 0.1) is 17.0 Å². The van der Waals surface area contributed by atoms with Gasteiger partial charge in [0.25, 0.3) is 5.69 Å². The van der Waals surface area contributed by atoms with Gasteiger partial charge >= 0.3 is 0 Å². The number of rotatable bonds is 4. The first-order valence-electron chi connectivity index (χ1n) is 5.40. The van der Waals surface area contributed by atoms with Gasteiger partial charge in [0.05, 0.1) is 11.0 Å². The third-order valence-corrected chi connectivity index (χ3v) is 2.55. The molecule has 2 aromatic rings. The number of nitrogens with zero attached hydrogens (tertiary/aromatic N) is 3. The van der Waals surface area contributed by atoms with Crippen LogP contribution in [0.4, 0.5) is 11.5 Å². The molecule has 0 aromatic carbocycles. The van der Waals surface area contributed by atoms with Crippen LogP contribution in [0.15, 0.2) is 36.8 Å². The van der Waals surface area contributed by atoms with E-state index < -0.39 is 4.92 Å². The van der Waals surface area contributed by atoms with Crippen LogP contribution in [0.2, 0.25) is 0 Å². The third-order valence-electron chi connectivity index (χ3n) is 2.55. The van der Waals surface area contributed by atoms with E-state index in [9.17, 15) is 10.1 Å². The summed E-state index contributed by atoms with van der Waals surface area (Å²) in [6.45, 7) is 2.52. The number of aryl methyl sites for hydroxylation is 1. The Morgan fingerprint density at radius 3 is 2.94 bits per heavy atom. The number of aromatic nitrogens is 2. The van der Waals surface area contributed by atoms with Crippen molar-refractivity contribution in [3.05, 3.63) is 58.0 Å². The lowest BCUT2D eigenvalue weighted by Gasteiger charge is -2.07. The van der Waals surface area contributed by atoms with Crippen molar-refractivity contribution in [1.29, 1.82) is 0 Å². The summed E-state index contributed by atoms with van der Waals surface area (Å²) in [5.74, 6) is 0.486. The summed E-state index contributed by atoms with van der Waals surface area (Å²) < 4.78 is 0. The minimum atomic E-state index is -0.440. The molecule has 0 fully saturated rings. The quantitative estimate of drug-likeness (QED) is 0.659. The normalized spacial score (nSPS) is 10.1. The lowest BCUT2D eigenvalue weighted by molar-refractivity contribution is -0.384. The molecule has 18 heavy (non-hydrogen) atoms. The predicted octanol–water partition coefficient (Wildman–Crippen LogP) is 2.31. The van der Waals surface area contributed by atoms with E-state index in [0.29, 0.717) is 12.4 Å². The molecule has 1 N–H and O–H groups in total. The van der Waals surface area contributed by atoms with E-state index in [1.54, 1.807) is 12.4 Å². The molecule has 0 aliphatic heterocycles. The summed E-state index contributed by atoms with van der Waals surface area (Å²) in [6.07, 6.45) is 4.91. The van der Waals surface area contributed by atoms with Crippen molar-refractivity contribution >= 4 is 11.5 Å². The van der Waals surface area contributed by atoms with Crippen LogP contribution in [-0.2, 0) is 6.54 Å². The van der Waals surface area contributed by atoms with Gasteiger partial charge in [-0.05, 0) is 24.1 Å². The molecule has 0 aliphatic carbocycles. The Hall–Kier alpha value is -2.50. The fourth-order valence-corrected chi connectivity index (χ4v) is 1.52. The van der Waals surface area contributed by atoms with Crippen LogP contribution < -0.4 is 5.32 Å². The summed E-state index contributed by atoms with van der Waals surface area (Å²) >= 11 is 0. The molecule has 6 heteroatoms. The van der Waals surface area contributed by atoms with Crippen molar-refractivity contribution in [3.63, 3.8) is 0 Å². The minimum absolute atomic E-state index is 0.0268. The molecule has 2 aromatic heterocycles. The fraction of sp³-hybridized carbons (Fsp3) is 0.167. The van der Waals surface area contributed by atoms with Crippen molar-refractivity contribution in [2.75, 3.05) is 5.32 Å². The van der Waals surface area contributed by atoms with Gasteiger partial charge in [-0.25, -0.2) is 4.98 Å². The van der Waals surface area contributed by atoms with E-state index in [1.165, 1.54) is 18.3 Å². The Morgan fingerprint density at radius 2 is 2.22 bits per heavy atom. The lowest BCUT2D eigenvalue weighted by Crippen LogP contribution is -2.03. The lowest BCUT2D eigenvalue weighted by atomic mass is 10.1. The second-order valence-electron chi connectivity index (χ2n) is 3.81. The maximum Gasteiger partial charge on any atom is 0.274 e. The monoisotopic (exact) mass is 244 g/mol. The second kappa shape index (κ2) is 5.22. The molecule has 0 saturated heterocycles. The summed E-state index contributed by atoms with van der Waals surface area (Å²) in [4.78, 5) is 18.2. The van der Waals surface area contributed by atoms with Gasteiger partial charge in [-0.3, -0.25) is 15.1 Å². The van der Waals surface area contributed by atoms with Gasteiger partial charge in [0, 0.05) is 31.2 Å². The zero-order chi connectivity index (χ0) is 13.0. The highest BCUT2D eigenvalue weighted by molar-refractivity contribution is 5.44. The van der Waals surface area contributed by atoms with Crippen molar-refractivity contribution < 1.29 is 4.92 Å². The summed E-state index contributed by atoms with van der Waals surface area (Å²) in [6, 6.07) is 4.68. The number of nitro groups is 1. The minimum Gasteiger partial charge on any atom is -0.366 e. The van der Waals surface area contributed by atoms with Crippen molar-refractivity contribution in [3.8, 4) is 0 Å². The molecule has 2 heterocycles. The maximum absolute atomic E-state index is 10.6. The molecular formula is C12H12N4O2. The molecule has 2 rings (SSSR count). The highest BCUT2D eigenvalue weighted by atomic mass is 16.6. The number of hydrogen-bond acceptors (Lipinski definition) is 5.